The Morgan fingerprint density at radius 3 is 2.39 bits per heavy atom. The maximum Gasteiger partial charge on any atom is 0.338 e. The lowest BCUT2D eigenvalue weighted by molar-refractivity contribution is -0.384. The van der Waals surface area contributed by atoms with Crippen molar-refractivity contribution in [3.8, 4) is 0 Å². The van der Waals surface area contributed by atoms with Crippen molar-refractivity contribution >= 4 is 23.5 Å². The number of non-ortho nitro benzene ring substituents is 1. The maximum absolute atomic E-state index is 12.5. The number of benzene rings is 2. The molecule has 0 aromatic heterocycles. The van der Waals surface area contributed by atoms with Crippen LogP contribution in [0.15, 0.2) is 42.5 Å². The summed E-state index contributed by atoms with van der Waals surface area (Å²) in [6, 6.07) is 9.94. The van der Waals surface area contributed by atoms with E-state index in [1.807, 2.05) is 6.92 Å². The second-order valence-corrected chi connectivity index (χ2v) is 6.38. The number of ether oxygens (including phenoxy) is 1. The van der Waals surface area contributed by atoms with E-state index < -0.39 is 16.8 Å². The fourth-order valence-corrected chi connectivity index (χ4v) is 2.88. The van der Waals surface area contributed by atoms with Gasteiger partial charge in [0.05, 0.1) is 21.6 Å². The highest BCUT2D eigenvalue weighted by molar-refractivity contribution is 6.21. The second kappa shape index (κ2) is 7.99. The van der Waals surface area contributed by atoms with Gasteiger partial charge in [0, 0.05) is 18.7 Å². The molecule has 0 unspecified atom stereocenters. The summed E-state index contributed by atoms with van der Waals surface area (Å²) in [5.41, 5.74) is 1.19. The zero-order chi connectivity index (χ0) is 20.3. The summed E-state index contributed by atoms with van der Waals surface area (Å²) < 4.78 is 5.21. The number of hydrogen-bond acceptors (Lipinski definition) is 6. The molecule has 1 heterocycles. The van der Waals surface area contributed by atoms with Crippen molar-refractivity contribution in [2.75, 3.05) is 6.54 Å². The van der Waals surface area contributed by atoms with Crippen LogP contribution in [-0.4, -0.2) is 34.2 Å². The molecule has 0 aliphatic carbocycles. The molecule has 8 nitrogen and oxygen atoms in total. The monoisotopic (exact) mass is 382 g/mol. The molecule has 0 radical (unpaired) electrons. The van der Waals surface area contributed by atoms with Crippen molar-refractivity contribution in [1.82, 2.24) is 4.90 Å². The van der Waals surface area contributed by atoms with Crippen molar-refractivity contribution < 1.29 is 24.0 Å². The molecule has 0 N–H and O–H groups in total. The number of hydrogen-bond donors (Lipinski definition) is 0. The number of esters is 1. The number of fused-ring (bicyclic) bond motifs is 1. The van der Waals surface area contributed by atoms with Gasteiger partial charge in [-0.15, -0.1) is 0 Å². The Morgan fingerprint density at radius 1 is 1.07 bits per heavy atom. The fourth-order valence-electron chi connectivity index (χ4n) is 2.88. The molecular weight excluding hydrogens is 364 g/mol. The highest BCUT2D eigenvalue weighted by atomic mass is 16.6. The van der Waals surface area contributed by atoms with E-state index in [0.717, 1.165) is 12.8 Å². The minimum absolute atomic E-state index is 0.0514. The van der Waals surface area contributed by atoms with Crippen LogP contribution in [-0.2, 0) is 11.3 Å². The molecule has 8 heteroatoms. The summed E-state index contributed by atoms with van der Waals surface area (Å²) in [5.74, 6) is -1.40. The molecule has 3 rings (SSSR count). The number of unbranched alkanes of at least 4 members (excludes halogenated alkanes) is 1. The molecule has 1 aliphatic heterocycles. The van der Waals surface area contributed by atoms with E-state index in [2.05, 4.69) is 0 Å². The van der Waals surface area contributed by atoms with E-state index in [-0.39, 0.29) is 34.9 Å². The molecule has 144 valence electrons. The van der Waals surface area contributed by atoms with Crippen LogP contribution in [0.5, 0.6) is 0 Å². The average molecular weight is 382 g/mol. The average Bonchev–Trinajstić information content (AvgIpc) is 2.94. The fraction of sp³-hybridized carbons (Fsp3) is 0.250. The third-order valence-corrected chi connectivity index (χ3v) is 4.46. The largest absolute Gasteiger partial charge is 0.457 e. The second-order valence-electron chi connectivity index (χ2n) is 6.38. The Bertz CT molecular complexity index is 952. The topological polar surface area (TPSA) is 107 Å². The first-order valence-electron chi connectivity index (χ1n) is 8.83. The highest BCUT2D eigenvalue weighted by Gasteiger charge is 2.35. The van der Waals surface area contributed by atoms with Gasteiger partial charge in [-0.25, -0.2) is 4.79 Å². The van der Waals surface area contributed by atoms with Gasteiger partial charge in [0.15, 0.2) is 0 Å². The summed E-state index contributed by atoms with van der Waals surface area (Å²) in [7, 11) is 0. The first kappa shape index (κ1) is 19.2. The first-order chi connectivity index (χ1) is 13.4. The van der Waals surface area contributed by atoms with Gasteiger partial charge in [-0.3, -0.25) is 24.6 Å². The Balaban J connectivity index is 1.69. The molecule has 0 bridgehead atoms. The van der Waals surface area contributed by atoms with E-state index >= 15 is 0 Å². The molecule has 0 fully saturated rings. The quantitative estimate of drug-likeness (QED) is 0.315. The van der Waals surface area contributed by atoms with Crippen molar-refractivity contribution in [1.29, 1.82) is 0 Å². The smallest absolute Gasteiger partial charge is 0.338 e. The third-order valence-electron chi connectivity index (χ3n) is 4.46. The number of rotatable bonds is 7. The third kappa shape index (κ3) is 3.75. The zero-order valence-corrected chi connectivity index (χ0v) is 15.2. The van der Waals surface area contributed by atoms with E-state index in [1.54, 1.807) is 0 Å². The van der Waals surface area contributed by atoms with Gasteiger partial charge >= 0.3 is 5.97 Å². The zero-order valence-electron chi connectivity index (χ0n) is 15.2. The summed E-state index contributed by atoms with van der Waals surface area (Å²) in [6.45, 7) is 2.25. The SMILES string of the molecule is CCCCN1C(=O)c2ccc(C(=O)OCc3ccc([N+](=O)[O-])cc3)cc2C1=O. The van der Waals surface area contributed by atoms with Crippen LogP contribution < -0.4 is 0 Å². The first-order valence-corrected chi connectivity index (χ1v) is 8.83. The van der Waals surface area contributed by atoms with E-state index in [1.165, 1.54) is 47.4 Å². The molecule has 0 saturated carbocycles. The van der Waals surface area contributed by atoms with Crippen LogP contribution in [0.3, 0.4) is 0 Å². The van der Waals surface area contributed by atoms with Crippen molar-refractivity contribution in [3.63, 3.8) is 0 Å². The van der Waals surface area contributed by atoms with Crippen LogP contribution >= 0.6 is 0 Å². The number of amides is 2. The Hall–Kier alpha value is -3.55. The Morgan fingerprint density at radius 2 is 1.75 bits per heavy atom. The van der Waals surface area contributed by atoms with Crippen LogP contribution in [0.4, 0.5) is 5.69 Å². The lowest BCUT2D eigenvalue weighted by atomic mass is 10.1. The standard InChI is InChI=1S/C20H18N2O6/c1-2-3-10-21-18(23)16-9-6-14(11-17(16)19(21)24)20(25)28-12-13-4-7-15(8-5-13)22(26)27/h4-9,11H,2-3,10,12H2,1H3. The summed E-state index contributed by atoms with van der Waals surface area (Å²) in [5, 5.41) is 10.7. The molecular formula is C20H18N2O6. The molecule has 28 heavy (non-hydrogen) atoms. The minimum atomic E-state index is -0.645. The Kier molecular flexibility index (Phi) is 5.49. The predicted octanol–water partition coefficient (Wildman–Crippen LogP) is 3.35. The van der Waals surface area contributed by atoms with Gasteiger partial charge < -0.3 is 4.74 Å². The van der Waals surface area contributed by atoms with Gasteiger partial charge in [0.1, 0.15) is 6.61 Å². The lowest BCUT2D eigenvalue weighted by Gasteiger charge is -2.12. The van der Waals surface area contributed by atoms with Gasteiger partial charge in [-0.2, -0.15) is 0 Å². The minimum Gasteiger partial charge on any atom is -0.457 e. The van der Waals surface area contributed by atoms with Crippen LogP contribution in [0, 0.1) is 10.1 Å². The lowest BCUT2D eigenvalue weighted by Crippen LogP contribution is -2.30. The van der Waals surface area contributed by atoms with E-state index in [4.69, 9.17) is 4.74 Å². The molecule has 0 saturated heterocycles. The van der Waals surface area contributed by atoms with Crippen LogP contribution in [0.1, 0.15) is 56.4 Å². The summed E-state index contributed by atoms with van der Waals surface area (Å²) in [6.07, 6.45) is 1.57. The normalized spacial score (nSPS) is 12.8. The predicted molar refractivity (Wildman–Crippen MR) is 98.9 cm³/mol. The molecule has 1 aliphatic rings. The molecule has 2 amide bonds. The van der Waals surface area contributed by atoms with Gasteiger partial charge in [-0.1, -0.05) is 13.3 Å². The summed E-state index contributed by atoms with van der Waals surface area (Å²) in [4.78, 5) is 48.4. The number of nitrogens with zero attached hydrogens (tertiary/aromatic N) is 2. The van der Waals surface area contributed by atoms with Gasteiger partial charge in [0.2, 0.25) is 0 Å². The van der Waals surface area contributed by atoms with Gasteiger partial charge in [-0.05, 0) is 42.3 Å². The number of carbonyl (C=O) groups excluding carboxylic acids is 3. The number of carbonyl (C=O) groups is 3. The number of nitro benzene ring substituents is 1. The Labute approximate surface area is 160 Å². The highest BCUT2D eigenvalue weighted by Crippen LogP contribution is 2.25. The molecule has 0 atom stereocenters. The van der Waals surface area contributed by atoms with Crippen molar-refractivity contribution in [2.45, 2.75) is 26.4 Å². The summed E-state index contributed by atoms with van der Waals surface area (Å²) >= 11 is 0. The number of imide groups is 1. The van der Waals surface area contributed by atoms with Gasteiger partial charge in [0.25, 0.3) is 17.5 Å². The van der Waals surface area contributed by atoms with Crippen LogP contribution in [0.2, 0.25) is 0 Å². The molecule has 2 aromatic carbocycles. The van der Waals surface area contributed by atoms with Crippen molar-refractivity contribution in [2.24, 2.45) is 0 Å². The number of nitro groups is 1. The molecule has 2 aromatic rings. The van der Waals surface area contributed by atoms with Crippen molar-refractivity contribution in [3.05, 3.63) is 74.8 Å². The van der Waals surface area contributed by atoms with Crippen LogP contribution in [0.25, 0.3) is 0 Å². The molecule has 0 spiro atoms. The maximum atomic E-state index is 12.5. The van der Waals surface area contributed by atoms with E-state index in [9.17, 15) is 24.5 Å². The van der Waals surface area contributed by atoms with E-state index in [0.29, 0.717) is 12.1 Å².